The van der Waals surface area contributed by atoms with Crippen LogP contribution in [0.2, 0.25) is 5.15 Å². The molecule has 0 unspecified atom stereocenters. The minimum Gasteiger partial charge on any atom is -0.506 e. The van der Waals surface area contributed by atoms with Gasteiger partial charge < -0.3 is 5.11 Å². The van der Waals surface area contributed by atoms with Gasteiger partial charge >= 0.3 is 0 Å². The molecule has 0 aliphatic carbocycles. The van der Waals surface area contributed by atoms with E-state index in [4.69, 9.17) is 11.6 Å². The first-order chi connectivity index (χ1) is 6.18. The zero-order chi connectivity index (χ0) is 9.42. The van der Waals surface area contributed by atoms with E-state index >= 15 is 0 Å². The maximum Gasteiger partial charge on any atom is 0.141 e. The molecule has 0 radical (unpaired) electrons. The maximum atomic E-state index is 9.50. The van der Waals surface area contributed by atoms with Crippen molar-refractivity contribution in [2.45, 2.75) is 6.92 Å². The van der Waals surface area contributed by atoms with Gasteiger partial charge in [-0.1, -0.05) is 29.3 Å². The normalized spacial score (nSPS) is 10.6. The minimum atomic E-state index is 0.170. The van der Waals surface area contributed by atoms with E-state index in [1.54, 1.807) is 0 Å². The molecule has 0 saturated carbocycles. The summed E-state index contributed by atoms with van der Waals surface area (Å²) in [7, 11) is 0. The predicted octanol–water partition coefficient (Wildman–Crippen LogP) is 2.90. The van der Waals surface area contributed by atoms with Gasteiger partial charge in [-0.05, 0) is 13.0 Å². The first-order valence-corrected chi connectivity index (χ1v) is 4.30. The summed E-state index contributed by atoms with van der Waals surface area (Å²) in [5.41, 5.74) is 1.09. The Labute approximate surface area is 80.8 Å². The van der Waals surface area contributed by atoms with Crippen LogP contribution in [0.25, 0.3) is 10.8 Å². The smallest absolute Gasteiger partial charge is 0.141 e. The van der Waals surface area contributed by atoms with E-state index in [-0.39, 0.29) is 5.75 Å². The Morgan fingerprint density at radius 2 is 2.08 bits per heavy atom. The van der Waals surface area contributed by atoms with Gasteiger partial charge in [0.15, 0.2) is 0 Å². The van der Waals surface area contributed by atoms with Crippen molar-refractivity contribution in [3.63, 3.8) is 0 Å². The van der Waals surface area contributed by atoms with Crippen LogP contribution in [0, 0.1) is 6.92 Å². The van der Waals surface area contributed by atoms with Crippen molar-refractivity contribution in [1.82, 2.24) is 4.98 Å². The molecule has 0 atom stereocenters. The van der Waals surface area contributed by atoms with Gasteiger partial charge in [-0.15, -0.1) is 0 Å². The highest BCUT2D eigenvalue weighted by molar-refractivity contribution is 6.34. The average Bonchev–Trinajstić information content (AvgIpc) is 2.12. The highest BCUT2D eigenvalue weighted by atomic mass is 35.5. The zero-order valence-corrected chi connectivity index (χ0v) is 7.84. The SMILES string of the molecule is Cc1ccc2c(Cl)ncc(O)c2c1. The third kappa shape index (κ3) is 1.33. The molecule has 0 spiro atoms. The number of aromatic hydroxyl groups is 1. The number of benzene rings is 1. The molecule has 2 rings (SSSR count). The van der Waals surface area contributed by atoms with Crippen molar-refractivity contribution >= 4 is 22.4 Å². The number of rotatable bonds is 0. The monoisotopic (exact) mass is 193 g/mol. The molecule has 1 heterocycles. The van der Waals surface area contributed by atoms with E-state index in [0.29, 0.717) is 5.15 Å². The van der Waals surface area contributed by atoms with Gasteiger partial charge in [0.1, 0.15) is 10.9 Å². The summed E-state index contributed by atoms with van der Waals surface area (Å²) in [6.45, 7) is 1.97. The van der Waals surface area contributed by atoms with Crippen LogP contribution >= 0.6 is 11.6 Å². The molecule has 0 saturated heterocycles. The lowest BCUT2D eigenvalue weighted by atomic mass is 10.1. The molecule has 0 fully saturated rings. The highest BCUT2D eigenvalue weighted by Crippen LogP contribution is 2.28. The number of fused-ring (bicyclic) bond motifs is 1. The van der Waals surface area contributed by atoms with Crippen LogP contribution in [0.1, 0.15) is 5.56 Å². The third-order valence-corrected chi connectivity index (χ3v) is 2.27. The second kappa shape index (κ2) is 2.89. The van der Waals surface area contributed by atoms with Gasteiger partial charge in [0.2, 0.25) is 0 Å². The van der Waals surface area contributed by atoms with E-state index in [1.165, 1.54) is 6.20 Å². The van der Waals surface area contributed by atoms with E-state index < -0.39 is 0 Å². The Morgan fingerprint density at radius 3 is 2.85 bits per heavy atom. The average molecular weight is 194 g/mol. The quantitative estimate of drug-likeness (QED) is 0.653. The van der Waals surface area contributed by atoms with Crippen LogP contribution < -0.4 is 0 Å². The Bertz CT molecular complexity index is 468. The molecular formula is C10H8ClNO. The number of aryl methyl sites for hydroxylation is 1. The van der Waals surface area contributed by atoms with Gasteiger partial charge in [-0.25, -0.2) is 4.98 Å². The molecule has 2 nitrogen and oxygen atoms in total. The van der Waals surface area contributed by atoms with Gasteiger partial charge in [0.25, 0.3) is 0 Å². The van der Waals surface area contributed by atoms with Crippen LogP contribution in [-0.2, 0) is 0 Å². The van der Waals surface area contributed by atoms with Crippen molar-refractivity contribution in [2.24, 2.45) is 0 Å². The predicted molar refractivity (Wildman–Crippen MR) is 53.2 cm³/mol. The van der Waals surface area contributed by atoms with Crippen molar-refractivity contribution in [1.29, 1.82) is 0 Å². The second-order valence-corrected chi connectivity index (χ2v) is 3.34. The Balaban J connectivity index is 2.92. The molecule has 0 amide bonds. The third-order valence-electron chi connectivity index (χ3n) is 1.97. The molecule has 0 aliphatic heterocycles. The van der Waals surface area contributed by atoms with E-state index in [1.807, 2.05) is 25.1 Å². The number of aromatic nitrogens is 1. The summed E-state index contributed by atoms with van der Waals surface area (Å²) in [4.78, 5) is 3.85. The fourth-order valence-corrected chi connectivity index (χ4v) is 1.52. The Kier molecular flexibility index (Phi) is 1.85. The van der Waals surface area contributed by atoms with Crippen LogP contribution in [0.15, 0.2) is 24.4 Å². The maximum absolute atomic E-state index is 9.50. The van der Waals surface area contributed by atoms with Crippen molar-refractivity contribution in [2.75, 3.05) is 0 Å². The number of halogens is 1. The number of nitrogens with zero attached hydrogens (tertiary/aromatic N) is 1. The first-order valence-electron chi connectivity index (χ1n) is 3.92. The number of hydrogen-bond acceptors (Lipinski definition) is 2. The van der Waals surface area contributed by atoms with Crippen molar-refractivity contribution in [3.05, 3.63) is 35.1 Å². The molecule has 0 aliphatic rings. The fraction of sp³-hybridized carbons (Fsp3) is 0.100. The molecule has 1 aromatic heterocycles. The van der Waals surface area contributed by atoms with Crippen LogP contribution in [0.3, 0.4) is 0 Å². The lowest BCUT2D eigenvalue weighted by molar-refractivity contribution is 0.479. The summed E-state index contributed by atoms with van der Waals surface area (Å²) in [5, 5.41) is 11.5. The number of hydrogen-bond donors (Lipinski definition) is 1. The molecule has 2 aromatic rings. The second-order valence-electron chi connectivity index (χ2n) is 2.98. The molecule has 3 heteroatoms. The highest BCUT2D eigenvalue weighted by Gasteiger charge is 2.04. The van der Waals surface area contributed by atoms with Gasteiger partial charge in [0.05, 0.1) is 6.20 Å². The molecule has 13 heavy (non-hydrogen) atoms. The molecule has 66 valence electrons. The van der Waals surface area contributed by atoms with Crippen molar-refractivity contribution in [3.8, 4) is 5.75 Å². The van der Waals surface area contributed by atoms with Gasteiger partial charge in [-0.2, -0.15) is 0 Å². The summed E-state index contributed by atoms with van der Waals surface area (Å²) in [6, 6.07) is 5.69. The Hall–Kier alpha value is -1.28. The van der Waals surface area contributed by atoms with E-state index in [2.05, 4.69) is 4.98 Å². The zero-order valence-electron chi connectivity index (χ0n) is 7.08. The van der Waals surface area contributed by atoms with E-state index in [0.717, 1.165) is 16.3 Å². The molecule has 0 bridgehead atoms. The molecular weight excluding hydrogens is 186 g/mol. The largest absolute Gasteiger partial charge is 0.506 e. The fourth-order valence-electron chi connectivity index (χ4n) is 1.31. The minimum absolute atomic E-state index is 0.170. The lowest BCUT2D eigenvalue weighted by Crippen LogP contribution is -1.81. The van der Waals surface area contributed by atoms with Crippen LogP contribution in [0.5, 0.6) is 5.75 Å². The Morgan fingerprint density at radius 1 is 1.31 bits per heavy atom. The summed E-state index contributed by atoms with van der Waals surface area (Å²) < 4.78 is 0. The van der Waals surface area contributed by atoms with E-state index in [9.17, 15) is 5.11 Å². The number of pyridine rings is 1. The first kappa shape index (κ1) is 8.32. The summed E-state index contributed by atoms with van der Waals surface area (Å²) in [5.74, 6) is 0.170. The summed E-state index contributed by atoms with van der Waals surface area (Å²) >= 11 is 5.86. The van der Waals surface area contributed by atoms with Gasteiger partial charge in [0, 0.05) is 10.8 Å². The lowest BCUT2D eigenvalue weighted by Gasteiger charge is -2.02. The van der Waals surface area contributed by atoms with Gasteiger partial charge in [-0.3, -0.25) is 0 Å². The van der Waals surface area contributed by atoms with Crippen LogP contribution in [0.4, 0.5) is 0 Å². The van der Waals surface area contributed by atoms with Crippen LogP contribution in [-0.4, -0.2) is 10.1 Å². The molecule has 1 aromatic carbocycles. The summed E-state index contributed by atoms with van der Waals surface area (Å²) in [6.07, 6.45) is 1.37. The topological polar surface area (TPSA) is 33.1 Å². The standard InChI is InChI=1S/C10H8ClNO/c1-6-2-3-7-8(4-6)9(13)5-12-10(7)11/h2-5,13H,1H3. The van der Waals surface area contributed by atoms with Crippen molar-refractivity contribution < 1.29 is 5.11 Å². The molecule has 1 N–H and O–H groups in total.